The Bertz CT molecular complexity index is 360. The second-order valence-corrected chi connectivity index (χ2v) is 6.09. The largest absolute Gasteiger partial charge is 0.385 e. The molecule has 114 valence electrons. The van der Waals surface area contributed by atoms with Crippen LogP contribution < -0.4 is 0 Å². The second kappa shape index (κ2) is 7.07. The van der Waals surface area contributed by atoms with Crippen LogP contribution in [-0.4, -0.2) is 49.4 Å². The highest BCUT2D eigenvalue weighted by atomic mass is 16.6. The SMILES string of the molecule is COCCC1CCN(C(=O)C2CC(C(C)C)=NO2)CC1. The number of likely N-dealkylation sites (tertiary alicyclic amines) is 1. The summed E-state index contributed by atoms with van der Waals surface area (Å²) in [4.78, 5) is 19.6. The lowest BCUT2D eigenvalue weighted by atomic mass is 9.93. The Kier molecular flexibility index (Phi) is 5.40. The molecular weight excluding hydrogens is 256 g/mol. The van der Waals surface area contributed by atoms with E-state index in [-0.39, 0.29) is 12.0 Å². The lowest BCUT2D eigenvalue weighted by molar-refractivity contribution is -0.143. The van der Waals surface area contributed by atoms with Gasteiger partial charge in [0.25, 0.3) is 5.91 Å². The van der Waals surface area contributed by atoms with Crippen LogP contribution in [0.3, 0.4) is 0 Å². The number of amides is 1. The highest BCUT2D eigenvalue weighted by molar-refractivity contribution is 5.93. The molecule has 20 heavy (non-hydrogen) atoms. The van der Waals surface area contributed by atoms with Crippen molar-refractivity contribution in [2.24, 2.45) is 17.0 Å². The maximum atomic E-state index is 12.4. The van der Waals surface area contributed by atoms with E-state index in [4.69, 9.17) is 9.57 Å². The predicted octanol–water partition coefficient (Wildman–Crippen LogP) is 2.06. The minimum absolute atomic E-state index is 0.106. The molecule has 0 aromatic rings. The molecule has 2 aliphatic heterocycles. The molecule has 2 aliphatic rings. The highest BCUT2D eigenvalue weighted by Gasteiger charge is 2.34. The van der Waals surface area contributed by atoms with Gasteiger partial charge in [-0.25, -0.2) is 0 Å². The van der Waals surface area contributed by atoms with Gasteiger partial charge < -0.3 is 14.5 Å². The summed E-state index contributed by atoms with van der Waals surface area (Å²) in [6, 6.07) is 0. The lowest BCUT2D eigenvalue weighted by Gasteiger charge is -2.32. The topological polar surface area (TPSA) is 51.1 Å². The number of oxime groups is 1. The van der Waals surface area contributed by atoms with Crippen molar-refractivity contribution in [3.05, 3.63) is 0 Å². The van der Waals surface area contributed by atoms with Crippen LogP contribution in [0, 0.1) is 11.8 Å². The Morgan fingerprint density at radius 2 is 2.15 bits per heavy atom. The van der Waals surface area contributed by atoms with Gasteiger partial charge in [-0.2, -0.15) is 0 Å². The van der Waals surface area contributed by atoms with E-state index in [1.807, 2.05) is 4.90 Å². The number of nitrogens with zero attached hydrogens (tertiary/aromatic N) is 2. The van der Waals surface area contributed by atoms with E-state index in [0.29, 0.717) is 18.3 Å². The standard InChI is InChI=1S/C15H26N2O3/c1-11(2)13-10-14(20-16-13)15(18)17-7-4-12(5-8-17)6-9-19-3/h11-12,14H,4-10H2,1-3H3. The fourth-order valence-corrected chi connectivity index (χ4v) is 2.80. The van der Waals surface area contributed by atoms with Gasteiger partial charge in [-0.3, -0.25) is 4.79 Å². The summed E-state index contributed by atoms with van der Waals surface area (Å²) < 4.78 is 5.12. The third-order valence-corrected chi connectivity index (χ3v) is 4.29. The summed E-state index contributed by atoms with van der Waals surface area (Å²) in [6.45, 7) is 6.65. The molecular formula is C15H26N2O3. The van der Waals surface area contributed by atoms with Crippen LogP contribution in [0.1, 0.15) is 39.5 Å². The minimum Gasteiger partial charge on any atom is -0.385 e. The summed E-state index contributed by atoms with van der Waals surface area (Å²) in [7, 11) is 1.74. The Hall–Kier alpha value is -1.10. The zero-order valence-electron chi connectivity index (χ0n) is 12.8. The smallest absolute Gasteiger partial charge is 0.266 e. The van der Waals surface area contributed by atoms with Crippen molar-refractivity contribution < 1.29 is 14.4 Å². The van der Waals surface area contributed by atoms with Gasteiger partial charge in [-0.05, 0) is 31.1 Å². The number of ether oxygens (including phenoxy) is 1. The van der Waals surface area contributed by atoms with Gasteiger partial charge in [-0.15, -0.1) is 0 Å². The van der Waals surface area contributed by atoms with Crippen LogP contribution in [0.2, 0.25) is 0 Å². The molecule has 0 aromatic heterocycles. The van der Waals surface area contributed by atoms with Crippen molar-refractivity contribution >= 4 is 11.6 Å². The summed E-state index contributed by atoms with van der Waals surface area (Å²) in [5.74, 6) is 1.15. The Morgan fingerprint density at radius 3 is 2.70 bits per heavy atom. The van der Waals surface area contributed by atoms with Crippen molar-refractivity contribution in [1.82, 2.24) is 4.90 Å². The quantitative estimate of drug-likeness (QED) is 0.775. The van der Waals surface area contributed by atoms with E-state index in [1.165, 1.54) is 0 Å². The molecule has 0 N–H and O–H groups in total. The molecule has 5 heteroatoms. The Labute approximate surface area is 121 Å². The third-order valence-electron chi connectivity index (χ3n) is 4.29. The summed E-state index contributed by atoms with van der Waals surface area (Å²) >= 11 is 0. The molecule has 0 aromatic carbocycles. The van der Waals surface area contributed by atoms with E-state index >= 15 is 0 Å². The first-order valence-electron chi connectivity index (χ1n) is 7.62. The van der Waals surface area contributed by atoms with Crippen LogP contribution in [0.4, 0.5) is 0 Å². The molecule has 0 bridgehead atoms. The average molecular weight is 282 g/mol. The predicted molar refractivity (Wildman–Crippen MR) is 77.6 cm³/mol. The van der Waals surface area contributed by atoms with Crippen LogP contribution in [0.25, 0.3) is 0 Å². The van der Waals surface area contributed by atoms with Gasteiger partial charge in [0.1, 0.15) is 0 Å². The fourth-order valence-electron chi connectivity index (χ4n) is 2.80. The first-order valence-corrected chi connectivity index (χ1v) is 7.62. The molecule has 1 atom stereocenters. The monoisotopic (exact) mass is 282 g/mol. The van der Waals surface area contributed by atoms with Crippen molar-refractivity contribution in [1.29, 1.82) is 0 Å². The van der Waals surface area contributed by atoms with Crippen molar-refractivity contribution in [2.45, 2.75) is 45.6 Å². The van der Waals surface area contributed by atoms with Gasteiger partial charge >= 0.3 is 0 Å². The molecule has 0 radical (unpaired) electrons. The molecule has 2 heterocycles. The maximum absolute atomic E-state index is 12.4. The fraction of sp³-hybridized carbons (Fsp3) is 0.867. The van der Waals surface area contributed by atoms with Crippen molar-refractivity contribution in [2.75, 3.05) is 26.8 Å². The first-order chi connectivity index (χ1) is 9.61. The summed E-state index contributed by atoms with van der Waals surface area (Å²) in [5.41, 5.74) is 0.998. The number of hydrogen-bond acceptors (Lipinski definition) is 4. The summed E-state index contributed by atoms with van der Waals surface area (Å²) in [6.07, 6.45) is 3.50. The molecule has 1 unspecified atom stereocenters. The molecule has 1 saturated heterocycles. The average Bonchev–Trinajstić information content (AvgIpc) is 2.95. The van der Waals surface area contributed by atoms with Crippen LogP contribution in [0.5, 0.6) is 0 Å². The molecule has 1 fully saturated rings. The maximum Gasteiger partial charge on any atom is 0.266 e. The van der Waals surface area contributed by atoms with Gasteiger partial charge in [0.15, 0.2) is 0 Å². The van der Waals surface area contributed by atoms with Crippen molar-refractivity contribution in [3.8, 4) is 0 Å². The van der Waals surface area contributed by atoms with E-state index in [2.05, 4.69) is 19.0 Å². The lowest BCUT2D eigenvalue weighted by Crippen LogP contribution is -2.44. The number of carbonyl (C=O) groups is 1. The number of methoxy groups -OCH3 is 1. The van der Waals surface area contributed by atoms with Crippen LogP contribution >= 0.6 is 0 Å². The summed E-state index contributed by atoms with van der Waals surface area (Å²) in [5, 5.41) is 4.04. The zero-order chi connectivity index (χ0) is 14.5. The number of carbonyl (C=O) groups excluding carboxylic acids is 1. The molecule has 0 aliphatic carbocycles. The van der Waals surface area contributed by atoms with E-state index in [1.54, 1.807) is 7.11 Å². The molecule has 2 rings (SSSR count). The molecule has 0 spiro atoms. The first kappa shape index (κ1) is 15.3. The minimum atomic E-state index is -0.386. The molecule has 5 nitrogen and oxygen atoms in total. The Balaban J connectivity index is 1.76. The van der Waals surface area contributed by atoms with E-state index in [9.17, 15) is 4.79 Å². The van der Waals surface area contributed by atoms with E-state index < -0.39 is 0 Å². The van der Waals surface area contributed by atoms with E-state index in [0.717, 1.165) is 44.7 Å². The number of rotatable bonds is 5. The van der Waals surface area contributed by atoms with Crippen LogP contribution in [-0.2, 0) is 14.4 Å². The highest BCUT2D eigenvalue weighted by Crippen LogP contribution is 2.23. The second-order valence-electron chi connectivity index (χ2n) is 6.09. The number of piperidine rings is 1. The number of hydrogen-bond donors (Lipinski definition) is 0. The zero-order valence-corrected chi connectivity index (χ0v) is 12.8. The Morgan fingerprint density at radius 1 is 1.45 bits per heavy atom. The molecule has 0 saturated carbocycles. The van der Waals surface area contributed by atoms with Gasteiger partial charge in [0.05, 0.1) is 5.71 Å². The van der Waals surface area contributed by atoms with Crippen molar-refractivity contribution in [3.63, 3.8) is 0 Å². The molecule has 1 amide bonds. The van der Waals surface area contributed by atoms with Gasteiger partial charge in [-0.1, -0.05) is 19.0 Å². The van der Waals surface area contributed by atoms with Crippen LogP contribution in [0.15, 0.2) is 5.16 Å². The normalized spacial score (nSPS) is 23.9. The van der Waals surface area contributed by atoms with Gasteiger partial charge in [0.2, 0.25) is 6.10 Å². The van der Waals surface area contributed by atoms with Gasteiger partial charge in [0, 0.05) is 33.2 Å². The third kappa shape index (κ3) is 3.72.